The van der Waals surface area contributed by atoms with E-state index in [-0.39, 0.29) is 5.91 Å². The minimum absolute atomic E-state index is 0.224. The van der Waals surface area contributed by atoms with Gasteiger partial charge >= 0.3 is 0 Å². The Labute approximate surface area is 135 Å². The molecule has 0 aromatic heterocycles. The summed E-state index contributed by atoms with van der Waals surface area (Å²) < 4.78 is 0.786. The number of benzene rings is 2. The van der Waals surface area contributed by atoms with E-state index in [0.29, 0.717) is 15.7 Å². The number of hydrogen-bond donors (Lipinski definition) is 1. The van der Waals surface area contributed by atoms with Gasteiger partial charge in [-0.2, -0.15) is 0 Å². The van der Waals surface area contributed by atoms with Gasteiger partial charge in [-0.3, -0.25) is 4.79 Å². The molecule has 0 atom stereocenters. The summed E-state index contributed by atoms with van der Waals surface area (Å²) in [5.41, 5.74) is 1.54. The van der Waals surface area contributed by atoms with Gasteiger partial charge < -0.3 is 5.32 Å². The molecule has 2 rings (SSSR count). The second-order valence-corrected chi connectivity index (χ2v) is 5.70. The van der Waals surface area contributed by atoms with Gasteiger partial charge in [-0.25, -0.2) is 0 Å². The van der Waals surface area contributed by atoms with E-state index in [1.54, 1.807) is 36.4 Å². The Bertz CT molecular complexity index is 653. The maximum atomic E-state index is 11.8. The van der Waals surface area contributed by atoms with Gasteiger partial charge in [0.15, 0.2) is 0 Å². The normalized spacial score (nSPS) is 10.8. The van der Waals surface area contributed by atoms with E-state index in [4.69, 9.17) is 23.2 Å². The largest absolute Gasteiger partial charge is 0.322 e. The smallest absolute Gasteiger partial charge is 0.248 e. The zero-order valence-corrected chi connectivity index (χ0v) is 13.3. The van der Waals surface area contributed by atoms with Crippen LogP contribution in [0.2, 0.25) is 10.0 Å². The molecule has 0 unspecified atom stereocenters. The topological polar surface area (TPSA) is 29.1 Å². The molecule has 0 bridgehead atoms. The van der Waals surface area contributed by atoms with Gasteiger partial charge in [0.25, 0.3) is 0 Å². The SMILES string of the molecule is O=C(/C=C/c1ccc(Cl)cc1)Nc1ccc(Br)c(Cl)c1. The molecule has 2 nitrogen and oxygen atoms in total. The first-order valence-electron chi connectivity index (χ1n) is 5.74. The predicted molar refractivity (Wildman–Crippen MR) is 88.3 cm³/mol. The monoisotopic (exact) mass is 369 g/mol. The van der Waals surface area contributed by atoms with Crippen molar-refractivity contribution in [3.63, 3.8) is 0 Å². The summed E-state index contributed by atoms with van der Waals surface area (Å²) in [6, 6.07) is 12.4. The number of carbonyl (C=O) groups excluding carboxylic acids is 1. The zero-order chi connectivity index (χ0) is 14.5. The van der Waals surface area contributed by atoms with E-state index < -0.39 is 0 Å². The number of rotatable bonds is 3. The zero-order valence-electron chi connectivity index (χ0n) is 10.2. The van der Waals surface area contributed by atoms with Crippen molar-refractivity contribution in [1.29, 1.82) is 0 Å². The average molecular weight is 371 g/mol. The second kappa shape index (κ2) is 6.93. The molecule has 2 aromatic carbocycles. The van der Waals surface area contributed by atoms with Crippen molar-refractivity contribution in [3.05, 3.63) is 68.6 Å². The number of anilines is 1. The fourth-order valence-electron chi connectivity index (χ4n) is 1.50. The molecule has 0 aliphatic carbocycles. The average Bonchev–Trinajstić information content (AvgIpc) is 2.42. The van der Waals surface area contributed by atoms with Gasteiger partial charge in [0.1, 0.15) is 0 Å². The van der Waals surface area contributed by atoms with E-state index in [1.807, 2.05) is 12.1 Å². The first kappa shape index (κ1) is 15.1. The molecule has 5 heteroatoms. The molecule has 0 heterocycles. The van der Waals surface area contributed by atoms with Gasteiger partial charge in [-0.05, 0) is 57.9 Å². The molecule has 1 N–H and O–H groups in total. The number of nitrogens with one attached hydrogen (secondary N) is 1. The standard InChI is InChI=1S/C15H10BrCl2NO/c16-13-7-6-12(9-14(13)18)19-15(20)8-3-10-1-4-11(17)5-2-10/h1-9H,(H,19,20)/b8-3+. The van der Waals surface area contributed by atoms with Crippen LogP contribution in [0.4, 0.5) is 5.69 Å². The van der Waals surface area contributed by atoms with Crippen LogP contribution < -0.4 is 5.32 Å². The van der Waals surface area contributed by atoms with E-state index in [0.717, 1.165) is 10.0 Å². The van der Waals surface area contributed by atoms with Crippen LogP contribution in [-0.2, 0) is 4.79 Å². The molecule has 0 fully saturated rings. The lowest BCUT2D eigenvalue weighted by atomic mass is 10.2. The Morgan fingerprint density at radius 1 is 1.10 bits per heavy atom. The maximum Gasteiger partial charge on any atom is 0.248 e. The third kappa shape index (κ3) is 4.37. The third-order valence-corrected chi connectivity index (χ3v) is 3.97. The highest BCUT2D eigenvalue weighted by Crippen LogP contribution is 2.25. The second-order valence-electron chi connectivity index (χ2n) is 4.00. The number of halogens is 3. The van der Waals surface area contributed by atoms with Crippen molar-refractivity contribution < 1.29 is 4.79 Å². The van der Waals surface area contributed by atoms with Crippen LogP contribution in [0.15, 0.2) is 53.0 Å². The summed E-state index contributed by atoms with van der Waals surface area (Å²) in [5.74, 6) is -0.224. The number of amides is 1. The first-order chi connectivity index (χ1) is 9.54. The Balaban J connectivity index is 2.01. The lowest BCUT2D eigenvalue weighted by Crippen LogP contribution is -2.07. The molecule has 0 saturated carbocycles. The molecule has 0 spiro atoms. The molecule has 20 heavy (non-hydrogen) atoms. The van der Waals surface area contributed by atoms with Crippen LogP contribution in [0, 0.1) is 0 Å². The van der Waals surface area contributed by atoms with Crippen molar-refractivity contribution in [2.75, 3.05) is 5.32 Å². The fraction of sp³-hybridized carbons (Fsp3) is 0. The van der Waals surface area contributed by atoms with Gasteiger partial charge in [-0.1, -0.05) is 35.3 Å². The highest BCUT2D eigenvalue weighted by molar-refractivity contribution is 9.10. The van der Waals surface area contributed by atoms with Gasteiger partial charge in [0, 0.05) is 21.3 Å². The predicted octanol–water partition coefficient (Wildman–Crippen LogP) is 5.41. The van der Waals surface area contributed by atoms with Gasteiger partial charge in [0.05, 0.1) is 5.02 Å². The number of hydrogen-bond acceptors (Lipinski definition) is 1. The van der Waals surface area contributed by atoms with Crippen molar-refractivity contribution >= 4 is 56.8 Å². The molecule has 102 valence electrons. The lowest BCUT2D eigenvalue weighted by molar-refractivity contribution is -0.111. The Morgan fingerprint density at radius 3 is 2.45 bits per heavy atom. The summed E-state index contributed by atoms with van der Waals surface area (Å²) in [5, 5.41) is 3.94. The van der Waals surface area contributed by atoms with E-state index in [1.165, 1.54) is 6.08 Å². The van der Waals surface area contributed by atoms with Crippen LogP contribution in [0.25, 0.3) is 6.08 Å². The van der Waals surface area contributed by atoms with Crippen LogP contribution >= 0.6 is 39.1 Å². The van der Waals surface area contributed by atoms with Crippen LogP contribution in [-0.4, -0.2) is 5.91 Å². The van der Waals surface area contributed by atoms with Crippen LogP contribution in [0.1, 0.15) is 5.56 Å². The first-order valence-corrected chi connectivity index (χ1v) is 7.29. The molecule has 0 aliphatic rings. The van der Waals surface area contributed by atoms with E-state index >= 15 is 0 Å². The third-order valence-electron chi connectivity index (χ3n) is 2.48. The van der Waals surface area contributed by atoms with E-state index in [2.05, 4.69) is 21.2 Å². The molecule has 0 radical (unpaired) electrons. The molecule has 0 aliphatic heterocycles. The summed E-state index contributed by atoms with van der Waals surface area (Å²) in [4.78, 5) is 11.8. The summed E-state index contributed by atoms with van der Waals surface area (Å²) in [6.07, 6.45) is 3.17. The summed E-state index contributed by atoms with van der Waals surface area (Å²) in [7, 11) is 0. The van der Waals surface area contributed by atoms with Crippen molar-refractivity contribution in [1.82, 2.24) is 0 Å². The van der Waals surface area contributed by atoms with Crippen LogP contribution in [0.5, 0.6) is 0 Å². The van der Waals surface area contributed by atoms with E-state index in [9.17, 15) is 4.79 Å². The quantitative estimate of drug-likeness (QED) is 0.719. The highest BCUT2D eigenvalue weighted by atomic mass is 79.9. The highest BCUT2D eigenvalue weighted by Gasteiger charge is 2.01. The van der Waals surface area contributed by atoms with Crippen molar-refractivity contribution in [2.24, 2.45) is 0 Å². The Kier molecular flexibility index (Phi) is 5.24. The van der Waals surface area contributed by atoms with Gasteiger partial charge in [-0.15, -0.1) is 0 Å². The van der Waals surface area contributed by atoms with Crippen LogP contribution in [0.3, 0.4) is 0 Å². The minimum atomic E-state index is -0.224. The maximum absolute atomic E-state index is 11.8. The van der Waals surface area contributed by atoms with Gasteiger partial charge in [0.2, 0.25) is 5.91 Å². The molecular weight excluding hydrogens is 361 g/mol. The Morgan fingerprint density at radius 2 is 1.80 bits per heavy atom. The fourth-order valence-corrected chi connectivity index (χ4v) is 2.06. The lowest BCUT2D eigenvalue weighted by Gasteiger charge is -2.03. The molecule has 0 saturated heterocycles. The van der Waals surface area contributed by atoms with Crippen molar-refractivity contribution in [3.8, 4) is 0 Å². The summed E-state index contributed by atoms with van der Waals surface area (Å²) >= 11 is 15.0. The van der Waals surface area contributed by atoms with Crippen molar-refractivity contribution in [2.45, 2.75) is 0 Å². The molecule has 1 amide bonds. The number of carbonyl (C=O) groups is 1. The molecular formula is C15H10BrCl2NO. The Hall–Kier alpha value is -1.29. The summed E-state index contributed by atoms with van der Waals surface area (Å²) in [6.45, 7) is 0. The minimum Gasteiger partial charge on any atom is -0.322 e. The molecule has 2 aromatic rings.